The summed E-state index contributed by atoms with van der Waals surface area (Å²) in [7, 11) is 0. The average molecular weight is 401 g/mol. The summed E-state index contributed by atoms with van der Waals surface area (Å²) in [4.78, 5) is 35.8. The molecule has 1 atom stereocenters. The van der Waals surface area contributed by atoms with Crippen LogP contribution in [0.1, 0.15) is 29.8 Å². The highest BCUT2D eigenvalue weighted by molar-refractivity contribution is 5.97. The SMILES string of the molecule is CC(=O)c1ccc(NC(=O)[C@@H](C)OC(=O)Cc2ccc(-c3ccccc3)cc2)cc1. The van der Waals surface area contributed by atoms with Gasteiger partial charge in [0.1, 0.15) is 0 Å². The number of nitrogens with one attached hydrogen (secondary N) is 1. The Morgan fingerprint density at radius 1 is 0.833 bits per heavy atom. The number of esters is 1. The van der Waals surface area contributed by atoms with Crippen LogP contribution in [-0.2, 0) is 20.7 Å². The van der Waals surface area contributed by atoms with Crippen LogP contribution in [0, 0.1) is 0 Å². The zero-order chi connectivity index (χ0) is 21.5. The van der Waals surface area contributed by atoms with E-state index in [1.165, 1.54) is 13.8 Å². The molecule has 0 saturated carbocycles. The second-order valence-corrected chi connectivity index (χ2v) is 6.99. The number of ether oxygens (including phenoxy) is 1. The minimum atomic E-state index is -0.937. The van der Waals surface area contributed by atoms with Crippen molar-refractivity contribution in [2.75, 3.05) is 5.32 Å². The Morgan fingerprint density at radius 2 is 1.43 bits per heavy atom. The quantitative estimate of drug-likeness (QED) is 0.461. The molecule has 0 fully saturated rings. The van der Waals surface area contributed by atoms with Crippen LogP contribution >= 0.6 is 0 Å². The molecule has 1 amide bonds. The molecule has 5 heteroatoms. The molecule has 5 nitrogen and oxygen atoms in total. The fourth-order valence-corrected chi connectivity index (χ4v) is 2.94. The van der Waals surface area contributed by atoms with E-state index in [0.29, 0.717) is 11.3 Å². The maximum atomic E-state index is 12.3. The van der Waals surface area contributed by atoms with Crippen LogP contribution in [0.3, 0.4) is 0 Å². The molecule has 0 aliphatic heterocycles. The van der Waals surface area contributed by atoms with Gasteiger partial charge in [0.2, 0.25) is 0 Å². The summed E-state index contributed by atoms with van der Waals surface area (Å²) < 4.78 is 5.26. The number of carbonyl (C=O) groups is 3. The molecule has 0 spiro atoms. The lowest BCUT2D eigenvalue weighted by Gasteiger charge is -2.14. The Labute approximate surface area is 175 Å². The molecular formula is C25H23NO4. The first-order valence-electron chi connectivity index (χ1n) is 9.68. The Balaban J connectivity index is 1.52. The summed E-state index contributed by atoms with van der Waals surface area (Å²) in [5.41, 5.74) is 4.08. The average Bonchev–Trinajstić information content (AvgIpc) is 2.75. The van der Waals surface area contributed by atoms with Crippen molar-refractivity contribution in [1.82, 2.24) is 0 Å². The Morgan fingerprint density at radius 3 is 2.03 bits per heavy atom. The van der Waals surface area contributed by atoms with E-state index in [1.807, 2.05) is 54.6 Å². The van der Waals surface area contributed by atoms with Gasteiger partial charge in [-0.1, -0.05) is 54.6 Å². The van der Waals surface area contributed by atoms with Crippen LogP contribution < -0.4 is 5.32 Å². The van der Waals surface area contributed by atoms with E-state index in [0.717, 1.165) is 16.7 Å². The van der Waals surface area contributed by atoms with E-state index in [-0.39, 0.29) is 12.2 Å². The van der Waals surface area contributed by atoms with Gasteiger partial charge in [-0.15, -0.1) is 0 Å². The summed E-state index contributed by atoms with van der Waals surface area (Å²) in [6, 6.07) is 24.2. The van der Waals surface area contributed by atoms with Crippen LogP contribution in [0.5, 0.6) is 0 Å². The zero-order valence-corrected chi connectivity index (χ0v) is 16.9. The van der Waals surface area contributed by atoms with Crippen molar-refractivity contribution in [3.8, 4) is 11.1 Å². The van der Waals surface area contributed by atoms with Crippen molar-refractivity contribution in [3.63, 3.8) is 0 Å². The second kappa shape index (κ2) is 9.65. The number of hydrogen-bond donors (Lipinski definition) is 1. The van der Waals surface area contributed by atoms with Gasteiger partial charge in [-0.2, -0.15) is 0 Å². The summed E-state index contributed by atoms with van der Waals surface area (Å²) in [6.45, 7) is 3.00. The van der Waals surface area contributed by atoms with Gasteiger partial charge in [0.15, 0.2) is 11.9 Å². The number of anilines is 1. The summed E-state index contributed by atoms with van der Waals surface area (Å²) in [5, 5.41) is 2.68. The minimum Gasteiger partial charge on any atom is -0.452 e. The van der Waals surface area contributed by atoms with Crippen LogP contribution in [0.15, 0.2) is 78.9 Å². The molecule has 3 aromatic carbocycles. The smallest absolute Gasteiger partial charge is 0.311 e. The molecule has 0 aliphatic carbocycles. The van der Waals surface area contributed by atoms with Crippen molar-refractivity contribution in [2.24, 2.45) is 0 Å². The van der Waals surface area contributed by atoms with Gasteiger partial charge in [-0.25, -0.2) is 0 Å². The molecule has 30 heavy (non-hydrogen) atoms. The molecule has 0 aliphatic rings. The second-order valence-electron chi connectivity index (χ2n) is 6.99. The van der Waals surface area contributed by atoms with Gasteiger partial charge in [0.25, 0.3) is 5.91 Å². The third-order valence-electron chi connectivity index (χ3n) is 4.65. The molecule has 0 aromatic heterocycles. The standard InChI is InChI=1S/C25H23NO4/c1-17(27)20-12-14-23(15-13-20)26-25(29)18(2)30-24(28)16-19-8-10-22(11-9-19)21-6-4-3-5-7-21/h3-15,18H,16H2,1-2H3,(H,26,29)/t18-/m1/s1. The number of carbonyl (C=O) groups excluding carboxylic acids is 3. The first-order valence-corrected chi connectivity index (χ1v) is 9.68. The number of amides is 1. The normalized spacial score (nSPS) is 11.4. The predicted molar refractivity (Wildman–Crippen MR) is 116 cm³/mol. The van der Waals surface area contributed by atoms with E-state index in [1.54, 1.807) is 24.3 Å². The van der Waals surface area contributed by atoms with E-state index in [2.05, 4.69) is 5.32 Å². The van der Waals surface area contributed by atoms with Gasteiger partial charge < -0.3 is 10.1 Å². The number of rotatable bonds is 7. The Bertz CT molecular complexity index is 1030. The van der Waals surface area contributed by atoms with Gasteiger partial charge in [-0.05, 0) is 54.8 Å². The summed E-state index contributed by atoms with van der Waals surface area (Å²) >= 11 is 0. The molecule has 3 aromatic rings. The lowest BCUT2D eigenvalue weighted by Crippen LogP contribution is -2.30. The first kappa shape index (κ1) is 21.0. The van der Waals surface area contributed by atoms with Crippen molar-refractivity contribution in [1.29, 1.82) is 0 Å². The van der Waals surface area contributed by atoms with Crippen molar-refractivity contribution in [2.45, 2.75) is 26.4 Å². The molecule has 0 saturated heterocycles. The molecule has 152 valence electrons. The number of benzene rings is 3. The van der Waals surface area contributed by atoms with Crippen LogP contribution in [0.2, 0.25) is 0 Å². The summed E-state index contributed by atoms with van der Waals surface area (Å²) in [6.07, 6.45) is -0.853. The number of ketones is 1. The molecule has 0 heterocycles. The van der Waals surface area contributed by atoms with Crippen LogP contribution in [-0.4, -0.2) is 23.8 Å². The molecule has 3 rings (SSSR count). The molecule has 1 N–H and O–H groups in total. The fourth-order valence-electron chi connectivity index (χ4n) is 2.94. The van der Waals surface area contributed by atoms with Crippen LogP contribution in [0.4, 0.5) is 5.69 Å². The minimum absolute atomic E-state index is 0.0491. The van der Waals surface area contributed by atoms with E-state index in [9.17, 15) is 14.4 Å². The van der Waals surface area contributed by atoms with Gasteiger partial charge >= 0.3 is 5.97 Å². The van der Waals surface area contributed by atoms with Crippen LogP contribution in [0.25, 0.3) is 11.1 Å². The highest BCUT2D eigenvalue weighted by Gasteiger charge is 2.18. The van der Waals surface area contributed by atoms with E-state index < -0.39 is 18.0 Å². The fraction of sp³-hybridized carbons (Fsp3) is 0.160. The molecule has 0 unspecified atom stereocenters. The molecular weight excluding hydrogens is 378 g/mol. The monoisotopic (exact) mass is 401 g/mol. The van der Waals surface area contributed by atoms with Crippen molar-refractivity contribution >= 4 is 23.3 Å². The number of Topliss-reactive ketones (excluding diaryl/α,β-unsaturated/α-hetero) is 1. The topological polar surface area (TPSA) is 72.5 Å². The lowest BCUT2D eigenvalue weighted by molar-refractivity contribution is -0.152. The zero-order valence-electron chi connectivity index (χ0n) is 16.9. The first-order chi connectivity index (χ1) is 14.4. The molecule has 0 bridgehead atoms. The van der Waals surface area contributed by atoms with Gasteiger partial charge in [0.05, 0.1) is 6.42 Å². The number of hydrogen-bond acceptors (Lipinski definition) is 4. The highest BCUT2D eigenvalue weighted by Crippen LogP contribution is 2.19. The lowest BCUT2D eigenvalue weighted by atomic mass is 10.0. The Kier molecular flexibility index (Phi) is 6.75. The van der Waals surface area contributed by atoms with E-state index >= 15 is 0 Å². The predicted octanol–water partition coefficient (Wildman–Crippen LogP) is 4.67. The molecule has 0 radical (unpaired) electrons. The highest BCUT2D eigenvalue weighted by atomic mass is 16.5. The van der Waals surface area contributed by atoms with Crippen molar-refractivity contribution in [3.05, 3.63) is 90.0 Å². The third-order valence-corrected chi connectivity index (χ3v) is 4.65. The van der Waals surface area contributed by atoms with Crippen molar-refractivity contribution < 1.29 is 19.1 Å². The third kappa shape index (κ3) is 5.64. The maximum absolute atomic E-state index is 12.3. The largest absolute Gasteiger partial charge is 0.452 e. The van der Waals surface area contributed by atoms with Gasteiger partial charge in [0, 0.05) is 11.3 Å². The van der Waals surface area contributed by atoms with Gasteiger partial charge in [-0.3, -0.25) is 14.4 Å². The Hall–Kier alpha value is -3.73. The van der Waals surface area contributed by atoms with E-state index in [4.69, 9.17) is 4.74 Å². The maximum Gasteiger partial charge on any atom is 0.311 e. The summed E-state index contributed by atoms with van der Waals surface area (Å²) in [5.74, 6) is -0.956.